The molecule has 0 bridgehead atoms. The van der Waals surface area contributed by atoms with E-state index in [0.717, 1.165) is 24.5 Å². The monoisotopic (exact) mass is 232 g/mol. The molecule has 0 aliphatic rings. The van der Waals surface area contributed by atoms with Crippen LogP contribution in [0.25, 0.3) is 0 Å². The van der Waals surface area contributed by atoms with Crippen LogP contribution in [0.5, 0.6) is 0 Å². The maximum absolute atomic E-state index is 4.24. The van der Waals surface area contributed by atoms with E-state index in [1.165, 1.54) is 10.4 Å². The zero-order valence-corrected chi connectivity index (χ0v) is 10.3. The summed E-state index contributed by atoms with van der Waals surface area (Å²) in [7, 11) is 0. The molecule has 0 radical (unpaired) electrons. The number of rotatable bonds is 5. The van der Waals surface area contributed by atoms with Crippen molar-refractivity contribution in [2.24, 2.45) is 0 Å². The summed E-state index contributed by atoms with van der Waals surface area (Å²) in [6.07, 6.45) is 3.04. The molecule has 0 fully saturated rings. The second-order valence-corrected chi connectivity index (χ2v) is 5.08. The Labute approximate surface area is 100 Å². The van der Waals surface area contributed by atoms with Gasteiger partial charge in [-0.15, -0.1) is 11.3 Å². The molecule has 0 spiro atoms. The van der Waals surface area contributed by atoms with Crippen LogP contribution >= 0.6 is 11.3 Å². The summed E-state index contributed by atoms with van der Waals surface area (Å²) in [5.41, 5.74) is 1.34. The minimum Gasteiger partial charge on any atom is -0.312 e. The van der Waals surface area contributed by atoms with Crippen LogP contribution in [0.3, 0.4) is 0 Å². The second-order valence-electron chi connectivity index (χ2n) is 3.76. The lowest BCUT2D eigenvalue weighted by atomic mass is 10.2. The Kier molecular flexibility index (Phi) is 4.08. The molecule has 0 aliphatic heterocycles. The lowest BCUT2D eigenvalue weighted by Crippen LogP contribution is -2.16. The Morgan fingerprint density at radius 1 is 1.25 bits per heavy atom. The fraction of sp³-hybridized carbons (Fsp3) is 0.308. The van der Waals surface area contributed by atoms with Crippen LogP contribution in [0.1, 0.15) is 15.4 Å². The quantitative estimate of drug-likeness (QED) is 0.802. The Hall–Kier alpha value is -1.19. The van der Waals surface area contributed by atoms with Crippen molar-refractivity contribution in [2.45, 2.75) is 19.9 Å². The lowest BCUT2D eigenvalue weighted by Gasteiger charge is -2.03. The predicted octanol–water partition coefficient (Wildman–Crippen LogP) is 2.78. The van der Waals surface area contributed by atoms with E-state index < -0.39 is 0 Å². The van der Waals surface area contributed by atoms with Gasteiger partial charge in [0, 0.05) is 24.2 Å². The maximum Gasteiger partial charge on any atom is 0.0896 e. The molecule has 0 atom stereocenters. The Bertz CT molecular complexity index is 423. The van der Waals surface area contributed by atoms with E-state index in [9.17, 15) is 0 Å². The van der Waals surface area contributed by atoms with Gasteiger partial charge in [0.05, 0.1) is 5.01 Å². The molecule has 0 saturated heterocycles. The molecule has 1 aromatic carbocycles. The number of benzene rings is 1. The van der Waals surface area contributed by atoms with Crippen molar-refractivity contribution < 1.29 is 0 Å². The van der Waals surface area contributed by atoms with E-state index in [-0.39, 0.29) is 0 Å². The molecule has 0 aliphatic carbocycles. The molecule has 84 valence electrons. The van der Waals surface area contributed by atoms with Gasteiger partial charge in [0.2, 0.25) is 0 Å². The fourth-order valence-electron chi connectivity index (χ4n) is 1.56. The van der Waals surface area contributed by atoms with Gasteiger partial charge in [-0.25, -0.2) is 4.98 Å². The third kappa shape index (κ3) is 3.43. The van der Waals surface area contributed by atoms with Crippen LogP contribution in [0.4, 0.5) is 0 Å². The van der Waals surface area contributed by atoms with Crippen molar-refractivity contribution in [2.75, 3.05) is 6.54 Å². The number of aromatic nitrogens is 1. The fourth-order valence-corrected chi connectivity index (χ4v) is 2.36. The number of nitrogens with one attached hydrogen (secondary N) is 1. The molecular formula is C13H16N2S. The molecule has 16 heavy (non-hydrogen) atoms. The number of thiazole rings is 1. The summed E-state index contributed by atoms with van der Waals surface area (Å²) < 4.78 is 0. The topological polar surface area (TPSA) is 24.9 Å². The first kappa shape index (κ1) is 11.3. The predicted molar refractivity (Wildman–Crippen MR) is 68.7 cm³/mol. The minimum absolute atomic E-state index is 0.943. The van der Waals surface area contributed by atoms with Crippen LogP contribution < -0.4 is 5.32 Å². The zero-order valence-electron chi connectivity index (χ0n) is 9.44. The first-order chi connectivity index (χ1) is 7.84. The molecular weight excluding hydrogens is 216 g/mol. The molecule has 1 N–H and O–H groups in total. The van der Waals surface area contributed by atoms with Gasteiger partial charge >= 0.3 is 0 Å². The standard InChI is InChI=1S/C13H16N2S/c1-11-15-10-13(16-11)7-8-14-9-12-5-3-2-4-6-12/h2-6,10,14H,7-9H2,1H3. The average molecular weight is 232 g/mol. The van der Waals surface area contributed by atoms with Crippen LogP contribution in [0.2, 0.25) is 0 Å². The summed E-state index contributed by atoms with van der Waals surface area (Å²) in [4.78, 5) is 5.60. The molecule has 3 heteroatoms. The molecule has 2 aromatic rings. The van der Waals surface area contributed by atoms with Crippen molar-refractivity contribution in [3.63, 3.8) is 0 Å². The van der Waals surface area contributed by atoms with E-state index in [4.69, 9.17) is 0 Å². The van der Waals surface area contributed by atoms with Crippen LogP contribution in [-0.4, -0.2) is 11.5 Å². The van der Waals surface area contributed by atoms with E-state index in [1.807, 2.05) is 19.2 Å². The number of hydrogen-bond donors (Lipinski definition) is 1. The minimum atomic E-state index is 0.943. The highest BCUT2D eigenvalue weighted by atomic mass is 32.1. The second kappa shape index (κ2) is 5.77. The van der Waals surface area contributed by atoms with E-state index in [0.29, 0.717) is 0 Å². The SMILES string of the molecule is Cc1ncc(CCNCc2ccccc2)s1. The van der Waals surface area contributed by atoms with Gasteiger partial charge < -0.3 is 5.32 Å². The first-order valence-corrected chi connectivity index (χ1v) is 6.32. The molecule has 2 rings (SSSR count). The number of aryl methyl sites for hydroxylation is 1. The highest BCUT2D eigenvalue weighted by molar-refractivity contribution is 7.11. The highest BCUT2D eigenvalue weighted by Gasteiger charge is 1.97. The van der Waals surface area contributed by atoms with Gasteiger partial charge in [-0.3, -0.25) is 0 Å². The van der Waals surface area contributed by atoms with Gasteiger partial charge in [-0.05, 0) is 18.9 Å². The Morgan fingerprint density at radius 3 is 2.75 bits per heavy atom. The van der Waals surface area contributed by atoms with Crippen LogP contribution in [0.15, 0.2) is 36.5 Å². The number of hydrogen-bond acceptors (Lipinski definition) is 3. The summed E-state index contributed by atoms with van der Waals surface area (Å²) in [6.45, 7) is 4.00. The first-order valence-electron chi connectivity index (χ1n) is 5.50. The summed E-state index contributed by atoms with van der Waals surface area (Å²) in [5, 5.41) is 4.59. The molecule has 1 heterocycles. The maximum atomic E-state index is 4.24. The lowest BCUT2D eigenvalue weighted by molar-refractivity contribution is 0.690. The van der Waals surface area contributed by atoms with Crippen LogP contribution in [0, 0.1) is 6.92 Å². The number of nitrogens with zero attached hydrogens (tertiary/aromatic N) is 1. The molecule has 0 unspecified atom stereocenters. The molecule has 0 amide bonds. The van der Waals surface area contributed by atoms with Crippen molar-refractivity contribution in [1.29, 1.82) is 0 Å². The summed E-state index contributed by atoms with van der Waals surface area (Å²) in [5.74, 6) is 0. The van der Waals surface area contributed by atoms with Gasteiger partial charge in [0.25, 0.3) is 0 Å². The molecule has 1 aromatic heterocycles. The van der Waals surface area contributed by atoms with Crippen LogP contribution in [-0.2, 0) is 13.0 Å². The Balaban J connectivity index is 1.69. The third-order valence-corrected chi connectivity index (χ3v) is 3.36. The van der Waals surface area contributed by atoms with Crippen molar-refractivity contribution in [3.8, 4) is 0 Å². The van der Waals surface area contributed by atoms with Gasteiger partial charge in [0.1, 0.15) is 0 Å². The largest absolute Gasteiger partial charge is 0.312 e. The smallest absolute Gasteiger partial charge is 0.0896 e. The van der Waals surface area contributed by atoms with E-state index in [2.05, 4.69) is 34.6 Å². The van der Waals surface area contributed by atoms with E-state index in [1.54, 1.807) is 11.3 Å². The summed E-state index contributed by atoms with van der Waals surface area (Å²) in [6, 6.07) is 10.5. The Morgan fingerprint density at radius 2 is 2.06 bits per heavy atom. The van der Waals surface area contributed by atoms with Crippen molar-refractivity contribution in [3.05, 3.63) is 52.0 Å². The van der Waals surface area contributed by atoms with Crippen molar-refractivity contribution >= 4 is 11.3 Å². The molecule has 2 nitrogen and oxygen atoms in total. The molecule has 0 saturated carbocycles. The normalized spacial score (nSPS) is 10.6. The van der Waals surface area contributed by atoms with Crippen molar-refractivity contribution in [1.82, 2.24) is 10.3 Å². The zero-order chi connectivity index (χ0) is 11.2. The highest BCUT2D eigenvalue weighted by Crippen LogP contribution is 2.11. The average Bonchev–Trinajstić information content (AvgIpc) is 2.72. The third-order valence-electron chi connectivity index (χ3n) is 2.39. The summed E-state index contributed by atoms with van der Waals surface area (Å²) >= 11 is 1.78. The van der Waals surface area contributed by atoms with E-state index >= 15 is 0 Å². The van der Waals surface area contributed by atoms with Gasteiger partial charge in [-0.1, -0.05) is 30.3 Å². The van der Waals surface area contributed by atoms with Gasteiger partial charge in [0.15, 0.2) is 0 Å². The van der Waals surface area contributed by atoms with Gasteiger partial charge in [-0.2, -0.15) is 0 Å².